The highest BCUT2D eigenvalue weighted by Crippen LogP contribution is 2.68. The topological polar surface area (TPSA) is 353 Å². The van der Waals surface area contributed by atoms with Gasteiger partial charge in [0.05, 0.1) is 75.2 Å². The van der Waals surface area contributed by atoms with Gasteiger partial charge in [0.25, 0.3) is 0 Å². The number of hydrogen-bond donors (Lipinski definition) is 5. The van der Waals surface area contributed by atoms with E-state index in [-0.39, 0.29) is 92.1 Å². The van der Waals surface area contributed by atoms with Crippen molar-refractivity contribution in [2.24, 2.45) is 0 Å². The minimum Gasteiger partial charge on any atom is -0.504 e. The van der Waals surface area contributed by atoms with Gasteiger partial charge in [0.1, 0.15) is 37.0 Å². The lowest BCUT2D eigenvalue weighted by Crippen LogP contribution is -2.70. The number of esters is 6. The zero-order valence-corrected chi connectivity index (χ0v) is 70.4. The van der Waals surface area contributed by atoms with Crippen LogP contribution in [0.3, 0.4) is 0 Å². The van der Waals surface area contributed by atoms with Crippen LogP contribution in [0.2, 0.25) is 0 Å². The molecule has 0 saturated carbocycles. The second-order valence-electron chi connectivity index (χ2n) is 32.4. The van der Waals surface area contributed by atoms with E-state index >= 15 is 0 Å². The molecule has 0 radical (unpaired) electrons. The molecule has 2 unspecified atom stereocenters. The van der Waals surface area contributed by atoms with Gasteiger partial charge < -0.3 is 81.6 Å². The highest BCUT2D eigenvalue weighted by Gasteiger charge is 2.65. The van der Waals surface area contributed by atoms with Gasteiger partial charge in [-0.15, -0.1) is 23.5 Å². The van der Waals surface area contributed by atoms with E-state index < -0.39 is 100 Å². The number of aryl methyl sites for hydroxylation is 2. The molecule has 0 aromatic heterocycles. The molecule has 630 valence electrons. The molecular weight excluding hydrogens is 1580 g/mol. The minimum absolute atomic E-state index is 0.0303. The van der Waals surface area contributed by atoms with Crippen molar-refractivity contribution >= 4 is 59.3 Å². The van der Waals surface area contributed by atoms with E-state index in [1.807, 2.05) is 72.7 Å². The molecule has 8 bridgehead atoms. The number of carbonyl (C=O) groups excluding carboxylic acids is 6. The molecule has 119 heavy (non-hydrogen) atoms. The Kier molecular flexibility index (Phi) is 21.4. The lowest BCUT2D eigenvalue weighted by Gasteiger charge is -2.62. The van der Waals surface area contributed by atoms with Crippen molar-refractivity contribution in [1.82, 2.24) is 30.2 Å². The normalized spacial score (nSPS) is 27.6. The van der Waals surface area contributed by atoms with Crippen LogP contribution in [0.25, 0.3) is 0 Å². The van der Waals surface area contributed by atoms with Crippen LogP contribution in [0.4, 0.5) is 0 Å². The molecule has 5 N–H and O–H groups in total. The Labute approximate surface area is 696 Å². The summed E-state index contributed by atoms with van der Waals surface area (Å²) < 4.78 is 84.4. The summed E-state index contributed by atoms with van der Waals surface area (Å²) in [7, 11) is 9.99. The zero-order chi connectivity index (χ0) is 84.0. The number of likely N-dealkylation sites (N-methyl/N-ethyl adjacent to an activating group) is 2. The van der Waals surface area contributed by atoms with Crippen molar-refractivity contribution in [3.05, 3.63) is 125 Å². The maximum atomic E-state index is 15.0. The van der Waals surface area contributed by atoms with Crippen LogP contribution in [0.1, 0.15) is 177 Å². The number of hydrogen-bond acceptors (Lipinski definition) is 32. The number of phenolic OH excluding ortho intramolecular Hbond substituents is 2. The monoisotopic (exact) mass is 1670 g/mol. The van der Waals surface area contributed by atoms with Crippen molar-refractivity contribution in [2.45, 2.75) is 189 Å². The SMILES string of the molecule is CCCC(=O)Oc1cc2c(cc1OC)[C@@]1(CS[C@@H]3c4c(OC(C)=O)c(C)c5c(c4[C@H](COC1=O)N1C3[C@H]3c4c(cc(C)c(OC)c4O)C[C@@H]([C@@H]1C#N)N3C)OCO5)NCC2.CCCC(=O)Oc1cc2c(cc1OC)[C@@]1(CS[C@@H]3c4c(OC(C)=O)c(C)c5c(c4[C@H](COC1=O)N1C3[C@H]3c4c(cc(C)c(OC)c4O)C[C@@H]([C@@H]1O)N3C)OCO5)NCC2. The quantitative estimate of drug-likeness (QED) is 0.0562. The Balaban J connectivity index is 0.000000170. The first kappa shape index (κ1) is 81.4. The number of methoxy groups -OCH3 is 4. The summed E-state index contributed by atoms with van der Waals surface area (Å²) in [5.41, 5.74) is 8.58. The van der Waals surface area contributed by atoms with E-state index in [0.717, 1.165) is 33.4 Å². The van der Waals surface area contributed by atoms with Gasteiger partial charge in [0, 0.05) is 114 Å². The highest BCUT2D eigenvalue weighted by molar-refractivity contribution is 7.99. The largest absolute Gasteiger partial charge is 0.504 e. The predicted octanol–water partition coefficient (Wildman–Crippen LogP) is 9.40. The number of fused-ring (bicyclic) bond motifs is 18. The van der Waals surface area contributed by atoms with Gasteiger partial charge in [-0.25, -0.2) is 9.59 Å². The fourth-order valence-corrected chi connectivity index (χ4v) is 24.5. The fraction of sp³-hybridized carbons (Fsp3) is 0.506. The number of nitrogens with zero attached hydrogens (tertiary/aromatic N) is 5. The smallest absolute Gasteiger partial charge is 0.331 e. The van der Waals surface area contributed by atoms with Crippen molar-refractivity contribution in [2.75, 3.05) is 93.9 Å². The number of thioether (sulfide) groups is 2. The Hall–Kier alpha value is -9.95. The van der Waals surface area contributed by atoms with Gasteiger partial charge in [-0.3, -0.25) is 49.4 Å². The molecule has 4 saturated heterocycles. The Morgan fingerprint density at radius 3 is 1.38 bits per heavy atom. The van der Waals surface area contributed by atoms with Crippen LogP contribution in [0, 0.1) is 39.0 Å². The van der Waals surface area contributed by atoms with E-state index in [2.05, 4.69) is 31.4 Å². The summed E-state index contributed by atoms with van der Waals surface area (Å²) in [4.78, 5) is 89.7. The molecule has 6 aromatic carbocycles. The maximum absolute atomic E-state index is 15.0. The molecule has 4 fully saturated rings. The Morgan fingerprint density at radius 2 is 0.958 bits per heavy atom. The molecule has 14 heterocycles. The third-order valence-corrected chi connectivity index (χ3v) is 29.0. The molecule has 14 aliphatic heterocycles. The number of piperazine rings is 2. The third kappa shape index (κ3) is 12.6. The molecule has 2 spiro atoms. The first-order valence-corrected chi connectivity index (χ1v) is 42.4. The minimum atomic E-state index is -1.41. The number of carbonyl (C=O) groups is 6. The number of aliphatic hydroxyl groups is 1. The molecule has 20 rings (SSSR count). The number of aromatic hydroxyl groups is 2. The average Bonchev–Trinajstić information content (AvgIpc) is 1.55. The standard InChI is InChI=1S/C44H48N4O11S.C43H49N3O12S/c1-8-9-31(50)59-30-14-23-10-11-46-44(25(23)15-29(30)53-6)18-60-42-34-33(41-40(56-19-57-41)21(3)39(34)58-22(4)49)28(17-55-43(44)52)48-27(16-45)26-13-24-12-20(2)38(54-7)37(51)32(24)35(36(42)48)47(26)5;1-8-9-29(48)58-28-14-22-10-11-44-43(24(22)15-27(28)52-6)17-59-40-32-31(39-38(55-18-56-39)20(3)37(32)57-21(4)47)26(16-54-42(43)51)46-34(40)33-30-23(13-25(41(46)50)45(33)5)12-19(2)36(53-7)35(30)49/h12,14-15,26-28,35-36,42,46,51H,8-11,13,17-19H2,1-7H3;12,14-15,25-26,33-34,40-41,44,49-50H,8-11,13,16-18H2,1-7H3/t26-,27-,28-,35+,36?,42+,44+;25-,26-,33+,34?,40+,41-,43+/m00/s1. The number of benzene rings is 6. The molecule has 32 heteroatoms. The van der Waals surface area contributed by atoms with Crippen molar-refractivity contribution < 1.29 is 110 Å². The van der Waals surface area contributed by atoms with E-state index in [1.54, 1.807) is 24.3 Å². The van der Waals surface area contributed by atoms with Crippen LogP contribution in [0.5, 0.6) is 80.5 Å². The van der Waals surface area contributed by atoms with Crippen molar-refractivity contribution in [3.8, 4) is 86.6 Å². The number of rotatable bonds is 12. The Morgan fingerprint density at radius 1 is 0.538 bits per heavy atom. The number of aliphatic hydroxyl groups excluding tert-OH is 1. The number of nitrogens with one attached hydrogen (secondary N) is 2. The summed E-state index contributed by atoms with van der Waals surface area (Å²) in [5, 5.41) is 53.9. The van der Waals surface area contributed by atoms with Crippen LogP contribution in [0.15, 0.2) is 36.4 Å². The number of ether oxygens (including phenoxy) is 14. The summed E-state index contributed by atoms with van der Waals surface area (Å²) in [5.74, 6) is 1.71. The first-order valence-electron chi connectivity index (χ1n) is 40.3. The van der Waals surface area contributed by atoms with Gasteiger partial charge in [-0.1, -0.05) is 26.0 Å². The molecular formula is C87H97N7O23S2. The predicted molar refractivity (Wildman–Crippen MR) is 430 cm³/mol. The summed E-state index contributed by atoms with van der Waals surface area (Å²) >= 11 is 2.94. The van der Waals surface area contributed by atoms with Crippen LogP contribution >= 0.6 is 23.5 Å². The van der Waals surface area contributed by atoms with Crippen molar-refractivity contribution in [1.29, 1.82) is 5.26 Å². The third-order valence-electron chi connectivity index (χ3n) is 26.0. The summed E-state index contributed by atoms with van der Waals surface area (Å²) in [6.45, 7) is 14.2. The van der Waals surface area contributed by atoms with Gasteiger partial charge >= 0.3 is 35.8 Å². The Bertz CT molecular complexity index is 5310. The molecule has 0 amide bonds. The zero-order valence-electron chi connectivity index (χ0n) is 68.8. The molecule has 14 aliphatic rings. The average molecular weight is 1670 g/mol. The second kappa shape index (κ2) is 31.3. The summed E-state index contributed by atoms with van der Waals surface area (Å²) in [6, 6.07) is 8.61. The van der Waals surface area contributed by atoms with Crippen LogP contribution in [-0.2, 0) is 75.0 Å². The van der Waals surface area contributed by atoms with E-state index in [0.29, 0.717) is 165 Å². The van der Waals surface area contributed by atoms with Crippen molar-refractivity contribution in [3.63, 3.8) is 0 Å². The summed E-state index contributed by atoms with van der Waals surface area (Å²) in [6.07, 6.45) is 2.67. The maximum Gasteiger partial charge on any atom is 0.331 e. The molecule has 0 aliphatic carbocycles. The van der Waals surface area contributed by atoms with E-state index in [9.17, 15) is 49.3 Å². The van der Waals surface area contributed by atoms with Crippen LogP contribution in [-0.4, -0.2) is 201 Å². The lowest BCUT2D eigenvalue weighted by atomic mass is 9.71. The first-order chi connectivity index (χ1) is 57.2. The number of nitriles is 1. The van der Waals surface area contributed by atoms with Crippen LogP contribution < -0.4 is 67.5 Å². The second-order valence-corrected chi connectivity index (χ2v) is 34.7. The molecule has 30 nitrogen and oxygen atoms in total. The molecule has 6 aromatic rings. The lowest BCUT2D eigenvalue weighted by molar-refractivity contribution is -0.186. The fourth-order valence-electron chi connectivity index (χ4n) is 21.1. The van der Waals surface area contributed by atoms with E-state index in [1.165, 1.54) is 65.8 Å². The highest BCUT2D eigenvalue weighted by atomic mass is 32.2. The van der Waals surface area contributed by atoms with Gasteiger partial charge in [-0.2, -0.15) is 5.26 Å². The molecule has 14 atom stereocenters. The van der Waals surface area contributed by atoms with Gasteiger partial charge in [-0.05, 0) is 149 Å². The van der Waals surface area contributed by atoms with E-state index in [4.69, 9.17) is 66.3 Å². The van der Waals surface area contributed by atoms with Gasteiger partial charge in [0.2, 0.25) is 13.6 Å². The number of phenols is 2. The van der Waals surface area contributed by atoms with Gasteiger partial charge in [0.15, 0.2) is 80.1 Å².